The molecule has 0 fully saturated rings. The van der Waals surface area contributed by atoms with E-state index in [1.807, 2.05) is 71.5 Å². The van der Waals surface area contributed by atoms with Crippen molar-refractivity contribution in [2.24, 2.45) is 5.10 Å². The number of halogens is 1. The number of aryl methyl sites for hydroxylation is 1. The summed E-state index contributed by atoms with van der Waals surface area (Å²) >= 11 is 10.3. The molecule has 4 aromatic rings. The molecule has 0 spiro atoms. The Morgan fingerprint density at radius 2 is 1.93 bits per heavy atom. The maximum Gasteiger partial charge on any atom is 0.250 e. The predicted octanol–water partition coefficient (Wildman–Crippen LogP) is 4.74. The van der Waals surface area contributed by atoms with E-state index in [0.717, 1.165) is 26.3 Å². The first kappa shape index (κ1) is 20.8. The number of nitrogens with zero attached hydrogens (tertiary/aromatic N) is 4. The molecule has 0 bridgehead atoms. The molecule has 30 heavy (non-hydrogen) atoms. The van der Waals surface area contributed by atoms with Crippen LogP contribution < -0.4 is 10.2 Å². The standard InChI is InChI=1S/C20H16ClN5OS3/c1-13-22-25-20(30-13)29-12-18(27)23-24-19-26(16-5-3-2-4-6-16)17(11-28-19)14-7-9-15(21)10-8-14/h2-11H,12H2,1H3,(H,23,27)/b24-19+. The Balaban J connectivity index is 1.60. The van der Waals surface area contributed by atoms with Crippen molar-refractivity contribution in [3.8, 4) is 16.9 Å². The molecule has 1 N–H and O–H groups in total. The van der Waals surface area contributed by atoms with E-state index in [1.54, 1.807) is 0 Å². The van der Waals surface area contributed by atoms with Crippen molar-refractivity contribution in [1.82, 2.24) is 20.2 Å². The van der Waals surface area contributed by atoms with Gasteiger partial charge < -0.3 is 0 Å². The fraction of sp³-hybridized carbons (Fsp3) is 0.100. The van der Waals surface area contributed by atoms with Crippen LogP contribution in [-0.2, 0) is 4.79 Å². The lowest BCUT2D eigenvalue weighted by atomic mass is 10.1. The van der Waals surface area contributed by atoms with Gasteiger partial charge in [0.15, 0.2) is 4.34 Å². The van der Waals surface area contributed by atoms with E-state index in [0.29, 0.717) is 9.82 Å². The Bertz CT molecular complexity index is 1220. The van der Waals surface area contributed by atoms with Gasteiger partial charge in [0.05, 0.1) is 11.4 Å². The molecule has 4 rings (SSSR count). The second kappa shape index (κ2) is 9.57. The molecule has 0 aliphatic carbocycles. The Kier molecular flexibility index (Phi) is 6.63. The number of benzene rings is 2. The first-order chi connectivity index (χ1) is 14.6. The number of rotatable bonds is 6. The second-order valence-corrected chi connectivity index (χ2v) is 9.78. The fourth-order valence-electron chi connectivity index (χ4n) is 2.64. The Hall–Kier alpha value is -2.46. The molecule has 0 radical (unpaired) electrons. The van der Waals surface area contributed by atoms with Crippen molar-refractivity contribution in [2.75, 3.05) is 5.75 Å². The van der Waals surface area contributed by atoms with Crippen LogP contribution in [0, 0.1) is 6.92 Å². The highest BCUT2D eigenvalue weighted by atomic mass is 35.5. The topological polar surface area (TPSA) is 72.2 Å². The minimum absolute atomic E-state index is 0.200. The van der Waals surface area contributed by atoms with Crippen LogP contribution in [0.15, 0.2) is 69.4 Å². The average Bonchev–Trinajstić information content (AvgIpc) is 3.38. The van der Waals surface area contributed by atoms with Gasteiger partial charge in [-0.3, -0.25) is 9.36 Å². The SMILES string of the molecule is Cc1nnc(SCC(=O)N/N=c2/scc(-c3ccc(Cl)cc3)n2-c2ccccc2)s1. The zero-order valence-electron chi connectivity index (χ0n) is 15.8. The van der Waals surface area contributed by atoms with Crippen LogP contribution in [-0.4, -0.2) is 26.4 Å². The number of thiazole rings is 1. The number of hydrogen-bond donors (Lipinski definition) is 1. The molecule has 0 atom stereocenters. The van der Waals surface area contributed by atoms with E-state index in [9.17, 15) is 4.79 Å². The van der Waals surface area contributed by atoms with Gasteiger partial charge in [-0.15, -0.1) is 26.6 Å². The third-order valence-corrected chi connectivity index (χ3v) is 7.02. The summed E-state index contributed by atoms with van der Waals surface area (Å²) in [6.45, 7) is 1.88. The summed E-state index contributed by atoms with van der Waals surface area (Å²) < 4.78 is 2.78. The predicted molar refractivity (Wildman–Crippen MR) is 123 cm³/mol. The molecule has 0 aliphatic rings. The largest absolute Gasteiger partial charge is 0.284 e. The smallest absolute Gasteiger partial charge is 0.250 e. The summed E-state index contributed by atoms with van der Waals surface area (Å²) in [5.41, 5.74) is 5.58. The van der Waals surface area contributed by atoms with Gasteiger partial charge in [0.25, 0.3) is 5.91 Å². The number of carbonyl (C=O) groups is 1. The lowest BCUT2D eigenvalue weighted by molar-refractivity contribution is -0.118. The minimum Gasteiger partial charge on any atom is -0.284 e. The molecule has 152 valence electrons. The van der Waals surface area contributed by atoms with Crippen LogP contribution in [0.1, 0.15) is 5.01 Å². The van der Waals surface area contributed by atoms with Gasteiger partial charge in [0.1, 0.15) is 5.01 Å². The molecular formula is C20H16ClN5OS3. The summed E-state index contributed by atoms with van der Waals surface area (Å²) in [5.74, 6) is 0.0210. The molecule has 0 aliphatic heterocycles. The van der Waals surface area contributed by atoms with Crippen LogP contribution in [0.4, 0.5) is 0 Å². The Labute approximate surface area is 190 Å². The Morgan fingerprint density at radius 3 is 2.63 bits per heavy atom. The van der Waals surface area contributed by atoms with Gasteiger partial charge in [-0.2, -0.15) is 0 Å². The highest BCUT2D eigenvalue weighted by Crippen LogP contribution is 2.25. The van der Waals surface area contributed by atoms with Gasteiger partial charge in [-0.1, -0.05) is 65.0 Å². The second-order valence-electron chi connectivity index (χ2n) is 6.10. The van der Waals surface area contributed by atoms with Crippen molar-refractivity contribution >= 4 is 51.9 Å². The van der Waals surface area contributed by atoms with Crippen molar-refractivity contribution < 1.29 is 4.79 Å². The van der Waals surface area contributed by atoms with Gasteiger partial charge in [-0.05, 0) is 36.8 Å². The number of amides is 1. The molecule has 6 nitrogen and oxygen atoms in total. The highest BCUT2D eigenvalue weighted by Gasteiger charge is 2.11. The maximum absolute atomic E-state index is 12.3. The normalized spacial score (nSPS) is 11.6. The van der Waals surface area contributed by atoms with E-state index in [1.165, 1.54) is 34.4 Å². The summed E-state index contributed by atoms with van der Waals surface area (Å²) in [6, 6.07) is 17.5. The summed E-state index contributed by atoms with van der Waals surface area (Å²) in [5, 5.41) is 15.9. The fourth-order valence-corrected chi connectivity index (χ4v) is 5.24. The maximum atomic E-state index is 12.3. The Morgan fingerprint density at radius 1 is 1.17 bits per heavy atom. The zero-order chi connectivity index (χ0) is 20.9. The highest BCUT2D eigenvalue weighted by molar-refractivity contribution is 8.01. The van der Waals surface area contributed by atoms with E-state index in [-0.39, 0.29) is 11.7 Å². The number of aromatic nitrogens is 3. The van der Waals surface area contributed by atoms with Crippen molar-refractivity contribution in [2.45, 2.75) is 11.3 Å². The molecule has 10 heteroatoms. The molecule has 0 saturated carbocycles. The number of nitrogens with one attached hydrogen (secondary N) is 1. The van der Waals surface area contributed by atoms with Gasteiger partial charge >= 0.3 is 0 Å². The molecular weight excluding hydrogens is 458 g/mol. The average molecular weight is 474 g/mol. The number of para-hydroxylation sites is 1. The first-order valence-electron chi connectivity index (χ1n) is 8.87. The van der Waals surface area contributed by atoms with E-state index in [4.69, 9.17) is 11.6 Å². The molecule has 2 aromatic carbocycles. The van der Waals surface area contributed by atoms with E-state index < -0.39 is 0 Å². The lowest BCUT2D eigenvalue weighted by Gasteiger charge is -2.09. The number of thioether (sulfide) groups is 1. The van der Waals surface area contributed by atoms with Crippen molar-refractivity contribution in [1.29, 1.82) is 0 Å². The van der Waals surface area contributed by atoms with Crippen LogP contribution >= 0.6 is 46.0 Å². The summed E-state index contributed by atoms with van der Waals surface area (Å²) in [6.07, 6.45) is 0. The molecule has 2 aromatic heterocycles. The summed E-state index contributed by atoms with van der Waals surface area (Å²) in [7, 11) is 0. The zero-order valence-corrected chi connectivity index (χ0v) is 19.0. The monoisotopic (exact) mass is 473 g/mol. The quantitative estimate of drug-likeness (QED) is 0.324. The van der Waals surface area contributed by atoms with Crippen molar-refractivity contribution in [3.63, 3.8) is 0 Å². The van der Waals surface area contributed by atoms with Gasteiger partial charge in [0.2, 0.25) is 4.80 Å². The molecule has 0 saturated heterocycles. The molecule has 2 heterocycles. The van der Waals surface area contributed by atoms with E-state index in [2.05, 4.69) is 20.7 Å². The first-order valence-corrected chi connectivity index (χ1v) is 11.9. The van der Waals surface area contributed by atoms with Crippen LogP contribution in [0.2, 0.25) is 5.02 Å². The van der Waals surface area contributed by atoms with Crippen LogP contribution in [0.25, 0.3) is 16.9 Å². The molecule has 0 unspecified atom stereocenters. The van der Waals surface area contributed by atoms with Crippen molar-refractivity contribution in [3.05, 3.63) is 74.8 Å². The van der Waals surface area contributed by atoms with E-state index >= 15 is 0 Å². The van der Waals surface area contributed by atoms with Crippen LogP contribution in [0.3, 0.4) is 0 Å². The molecule has 1 amide bonds. The van der Waals surface area contributed by atoms with Gasteiger partial charge in [0, 0.05) is 16.1 Å². The minimum atomic E-state index is -0.200. The number of carbonyl (C=O) groups excluding carboxylic acids is 1. The van der Waals surface area contributed by atoms with Gasteiger partial charge in [-0.25, -0.2) is 5.43 Å². The number of hydrogen-bond acceptors (Lipinski definition) is 7. The third kappa shape index (κ3) is 4.99. The summed E-state index contributed by atoms with van der Waals surface area (Å²) in [4.78, 5) is 12.9. The van der Waals surface area contributed by atoms with Crippen LogP contribution in [0.5, 0.6) is 0 Å². The third-order valence-electron chi connectivity index (χ3n) is 3.97. The lowest BCUT2D eigenvalue weighted by Crippen LogP contribution is -2.25.